The van der Waals surface area contributed by atoms with Crippen molar-refractivity contribution in [1.29, 1.82) is 0 Å². The van der Waals surface area contributed by atoms with E-state index < -0.39 is 0 Å². The van der Waals surface area contributed by atoms with Crippen molar-refractivity contribution >= 4 is 16.6 Å². The van der Waals surface area contributed by atoms with Gasteiger partial charge in [-0.25, -0.2) is 4.98 Å². The number of hydrogen-bond donors (Lipinski definition) is 1. The molecule has 3 rings (SSSR count). The molecule has 1 aliphatic rings. The second kappa shape index (κ2) is 5.04. The molecule has 2 N–H and O–H groups in total. The quantitative estimate of drug-likeness (QED) is 0.910. The number of rotatable bonds is 2. The predicted molar refractivity (Wildman–Crippen MR) is 81.9 cm³/mol. The van der Waals surface area contributed by atoms with Crippen LogP contribution in [-0.2, 0) is 11.3 Å². The molecule has 0 atom stereocenters. The first-order valence-electron chi connectivity index (χ1n) is 7.06. The Hall–Kier alpha value is -1.65. The monoisotopic (exact) mass is 271 g/mol. The number of fused-ring (bicyclic) bond motifs is 1. The van der Waals surface area contributed by atoms with Gasteiger partial charge >= 0.3 is 0 Å². The molecule has 1 saturated heterocycles. The standard InChI is InChI=1S/C16H21N3O/c1-16(2)11-19(7-8-20-16)15-14-6-4-3-5-13(14)12(9-17)10-18-15/h3-6,10H,7-9,11,17H2,1-2H3. The normalized spacial score (nSPS) is 18.4. The molecule has 2 heterocycles. The molecule has 106 valence electrons. The van der Waals surface area contributed by atoms with E-state index in [1.807, 2.05) is 6.20 Å². The van der Waals surface area contributed by atoms with E-state index in [1.165, 1.54) is 10.8 Å². The molecule has 0 radical (unpaired) electrons. The lowest BCUT2D eigenvalue weighted by atomic mass is 10.0. The van der Waals surface area contributed by atoms with Crippen molar-refractivity contribution in [2.45, 2.75) is 26.0 Å². The van der Waals surface area contributed by atoms with Crippen LogP contribution in [0.2, 0.25) is 0 Å². The lowest BCUT2D eigenvalue weighted by molar-refractivity contribution is -0.0278. The summed E-state index contributed by atoms with van der Waals surface area (Å²) in [4.78, 5) is 6.97. The highest BCUT2D eigenvalue weighted by atomic mass is 16.5. The fourth-order valence-electron chi connectivity index (χ4n) is 2.85. The Balaban J connectivity index is 2.08. The van der Waals surface area contributed by atoms with Crippen LogP contribution in [0.4, 0.5) is 5.82 Å². The van der Waals surface area contributed by atoms with Crippen LogP contribution in [0.15, 0.2) is 30.5 Å². The second-order valence-electron chi connectivity index (χ2n) is 5.89. The van der Waals surface area contributed by atoms with E-state index in [4.69, 9.17) is 10.5 Å². The van der Waals surface area contributed by atoms with Gasteiger partial charge in [-0.1, -0.05) is 24.3 Å². The largest absolute Gasteiger partial charge is 0.372 e. The third kappa shape index (κ3) is 2.37. The van der Waals surface area contributed by atoms with Gasteiger partial charge in [-0.15, -0.1) is 0 Å². The average Bonchev–Trinajstić information content (AvgIpc) is 2.45. The molecule has 4 heteroatoms. The maximum Gasteiger partial charge on any atom is 0.136 e. The summed E-state index contributed by atoms with van der Waals surface area (Å²) in [6.07, 6.45) is 1.90. The molecule has 1 aromatic heterocycles. The Morgan fingerprint density at radius 1 is 1.30 bits per heavy atom. The highest BCUT2D eigenvalue weighted by Crippen LogP contribution is 2.29. The van der Waals surface area contributed by atoms with Crippen LogP contribution in [0.3, 0.4) is 0 Å². The maximum absolute atomic E-state index is 5.81. The Kier molecular flexibility index (Phi) is 3.36. The van der Waals surface area contributed by atoms with Crippen molar-refractivity contribution in [3.05, 3.63) is 36.0 Å². The van der Waals surface area contributed by atoms with Gasteiger partial charge in [0.2, 0.25) is 0 Å². The molecule has 0 aliphatic carbocycles. The van der Waals surface area contributed by atoms with Gasteiger partial charge < -0.3 is 15.4 Å². The van der Waals surface area contributed by atoms with E-state index in [0.717, 1.165) is 31.1 Å². The first-order valence-corrected chi connectivity index (χ1v) is 7.06. The zero-order chi connectivity index (χ0) is 14.2. The van der Waals surface area contributed by atoms with Gasteiger partial charge in [-0.2, -0.15) is 0 Å². The third-order valence-corrected chi connectivity index (χ3v) is 3.80. The molecule has 0 amide bonds. The molecule has 0 saturated carbocycles. The molecule has 2 aromatic rings. The second-order valence-corrected chi connectivity index (χ2v) is 5.89. The first-order chi connectivity index (χ1) is 9.61. The van der Waals surface area contributed by atoms with Crippen LogP contribution in [0.5, 0.6) is 0 Å². The fourth-order valence-corrected chi connectivity index (χ4v) is 2.85. The average molecular weight is 271 g/mol. The van der Waals surface area contributed by atoms with Gasteiger partial charge in [-0.3, -0.25) is 0 Å². The molecular weight excluding hydrogens is 250 g/mol. The lowest BCUT2D eigenvalue weighted by Gasteiger charge is -2.39. The lowest BCUT2D eigenvalue weighted by Crippen LogP contribution is -2.48. The number of pyridine rings is 1. The smallest absolute Gasteiger partial charge is 0.136 e. The minimum atomic E-state index is -0.131. The van der Waals surface area contributed by atoms with Gasteiger partial charge in [-0.05, 0) is 24.8 Å². The van der Waals surface area contributed by atoms with Gasteiger partial charge in [0.05, 0.1) is 12.2 Å². The summed E-state index contributed by atoms with van der Waals surface area (Å²) >= 11 is 0. The Bertz CT molecular complexity index is 624. The van der Waals surface area contributed by atoms with E-state index >= 15 is 0 Å². The van der Waals surface area contributed by atoms with Crippen LogP contribution in [0.1, 0.15) is 19.4 Å². The number of anilines is 1. The molecule has 0 unspecified atom stereocenters. The Labute approximate surface area is 119 Å². The zero-order valence-electron chi connectivity index (χ0n) is 12.1. The van der Waals surface area contributed by atoms with E-state index in [2.05, 4.69) is 48.0 Å². The number of benzene rings is 1. The van der Waals surface area contributed by atoms with E-state index in [1.54, 1.807) is 0 Å². The number of nitrogens with zero attached hydrogens (tertiary/aromatic N) is 2. The molecule has 20 heavy (non-hydrogen) atoms. The van der Waals surface area contributed by atoms with Crippen molar-refractivity contribution < 1.29 is 4.74 Å². The van der Waals surface area contributed by atoms with Crippen LogP contribution in [0, 0.1) is 0 Å². The summed E-state index contributed by atoms with van der Waals surface area (Å²) < 4.78 is 5.78. The van der Waals surface area contributed by atoms with Crippen LogP contribution in [-0.4, -0.2) is 30.3 Å². The van der Waals surface area contributed by atoms with E-state index in [9.17, 15) is 0 Å². The highest BCUT2D eigenvalue weighted by molar-refractivity contribution is 5.94. The molecule has 1 aromatic carbocycles. The van der Waals surface area contributed by atoms with Crippen molar-refractivity contribution in [2.24, 2.45) is 5.73 Å². The maximum atomic E-state index is 5.81. The summed E-state index contributed by atoms with van der Waals surface area (Å²) in [7, 11) is 0. The third-order valence-electron chi connectivity index (χ3n) is 3.80. The SMILES string of the molecule is CC1(C)CN(c2ncc(CN)c3ccccc23)CCO1. The number of morpholine rings is 1. The van der Waals surface area contributed by atoms with Crippen molar-refractivity contribution in [1.82, 2.24) is 4.98 Å². The topological polar surface area (TPSA) is 51.4 Å². The highest BCUT2D eigenvalue weighted by Gasteiger charge is 2.28. The zero-order valence-corrected chi connectivity index (χ0v) is 12.1. The van der Waals surface area contributed by atoms with E-state index in [0.29, 0.717) is 6.54 Å². The van der Waals surface area contributed by atoms with E-state index in [-0.39, 0.29) is 5.60 Å². The molecular formula is C16H21N3O. The van der Waals surface area contributed by atoms with Crippen molar-refractivity contribution in [2.75, 3.05) is 24.6 Å². The minimum Gasteiger partial charge on any atom is -0.372 e. The van der Waals surface area contributed by atoms with Crippen LogP contribution < -0.4 is 10.6 Å². The van der Waals surface area contributed by atoms with Gasteiger partial charge in [0.25, 0.3) is 0 Å². The summed E-state index contributed by atoms with van der Waals surface area (Å²) in [6.45, 7) is 7.23. The minimum absolute atomic E-state index is 0.131. The number of aromatic nitrogens is 1. The predicted octanol–water partition coefficient (Wildman–Crippen LogP) is 2.31. The van der Waals surface area contributed by atoms with Crippen LogP contribution >= 0.6 is 0 Å². The van der Waals surface area contributed by atoms with Gasteiger partial charge in [0, 0.05) is 31.2 Å². The summed E-state index contributed by atoms with van der Waals surface area (Å²) in [5.74, 6) is 1.04. The van der Waals surface area contributed by atoms with Crippen LogP contribution in [0.25, 0.3) is 10.8 Å². The first kappa shape index (κ1) is 13.3. The number of nitrogens with two attached hydrogens (primary N) is 1. The Morgan fingerprint density at radius 2 is 2.05 bits per heavy atom. The molecule has 1 aliphatic heterocycles. The number of hydrogen-bond acceptors (Lipinski definition) is 4. The molecule has 0 bridgehead atoms. The molecule has 4 nitrogen and oxygen atoms in total. The van der Waals surface area contributed by atoms with Gasteiger partial charge in [0.1, 0.15) is 5.82 Å². The van der Waals surface area contributed by atoms with Crippen molar-refractivity contribution in [3.63, 3.8) is 0 Å². The van der Waals surface area contributed by atoms with Gasteiger partial charge in [0.15, 0.2) is 0 Å². The summed E-state index contributed by atoms with van der Waals surface area (Å²) in [5, 5.41) is 2.37. The number of ether oxygens (including phenoxy) is 1. The summed E-state index contributed by atoms with van der Waals surface area (Å²) in [5.41, 5.74) is 6.78. The summed E-state index contributed by atoms with van der Waals surface area (Å²) in [6, 6.07) is 8.35. The van der Waals surface area contributed by atoms with Crippen molar-refractivity contribution in [3.8, 4) is 0 Å². The molecule has 0 spiro atoms. The fraction of sp³-hybridized carbons (Fsp3) is 0.438. The Morgan fingerprint density at radius 3 is 2.75 bits per heavy atom. The molecule has 1 fully saturated rings.